The third-order valence-electron chi connectivity index (χ3n) is 5.80. The number of methoxy groups -OCH3 is 1. The number of carbonyl (C=O) groups is 2. The first-order valence-corrected chi connectivity index (χ1v) is 13.3. The van der Waals surface area contributed by atoms with E-state index in [2.05, 4.69) is 15.2 Å². The summed E-state index contributed by atoms with van der Waals surface area (Å²) in [6.45, 7) is 0. The highest BCUT2D eigenvalue weighted by Crippen LogP contribution is 2.45. The number of anilines is 1. The third kappa shape index (κ3) is 4.95. The van der Waals surface area contributed by atoms with Crippen LogP contribution in [0.4, 0.5) is 5.13 Å². The number of thioether (sulfide) groups is 1. The Morgan fingerprint density at radius 1 is 1.11 bits per heavy atom. The number of amides is 1. The van der Waals surface area contributed by atoms with Gasteiger partial charge in [-0.05, 0) is 47.5 Å². The van der Waals surface area contributed by atoms with Crippen LogP contribution in [0.1, 0.15) is 22.7 Å². The van der Waals surface area contributed by atoms with E-state index in [1.54, 1.807) is 18.2 Å². The standard InChI is InChI=1S/C26H19ClN4O5S2/c1-36-19-12-16(4-7-18(19)32)21-20(22(33)15-8-10-28-11-9-15)23(34)24(35)31(21)25-29-30-26(38-25)37-13-14-2-5-17(27)6-3-14/h2-12,21,32-33H,13H2,1H3/b22-20+. The zero-order valence-corrected chi connectivity index (χ0v) is 22.1. The van der Waals surface area contributed by atoms with E-state index >= 15 is 0 Å². The lowest BCUT2D eigenvalue weighted by Crippen LogP contribution is -2.29. The quantitative estimate of drug-likeness (QED) is 0.102. The predicted molar refractivity (Wildman–Crippen MR) is 145 cm³/mol. The first kappa shape index (κ1) is 25.7. The third-order valence-corrected chi connectivity index (χ3v) is 8.17. The fourth-order valence-corrected chi connectivity index (χ4v) is 5.91. The first-order chi connectivity index (χ1) is 18.4. The molecule has 12 heteroatoms. The Morgan fingerprint density at radius 3 is 2.55 bits per heavy atom. The van der Waals surface area contributed by atoms with E-state index in [1.807, 2.05) is 12.1 Å². The summed E-state index contributed by atoms with van der Waals surface area (Å²) in [4.78, 5) is 31.8. The van der Waals surface area contributed by atoms with Crippen molar-refractivity contribution in [3.05, 3.63) is 94.3 Å². The number of rotatable bonds is 7. The molecule has 2 N–H and O–H groups in total. The Bertz CT molecular complexity index is 1540. The number of aromatic nitrogens is 3. The fourth-order valence-electron chi connectivity index (χ4n) is 3.96. The monoisotopic (exact) mass is 566 g/mol. The lowest BCUT2D eigenvalue weighted by Gasteiger charge is -2.23. The molecular formula is C26H19ClN4O5S2. The lowest BCUT2D eigenvalue weighted by atomic mass is 9.95. The first-order valence-electron chi connectivity index (χ1n) is 11.2. The van der Waals surface area contributed by atoms with Gasteiger partial charge in [-0.3, -0.25) is 19.5 Å². The molecule has 1 amide bonds. The highest BCUT2D eigenvalue weighted by molar-refractivity contribution is 8.00. The summed E-state index contributed by atoms with van der Waals surface area (Å²) in [7, 11) is 1.39. The number of ether oxygens (including phenoxy) is 1. The second-order valence-corrected chi connectivity index (χ2v) is 10.7. The number of aromatic hydroxyl groups is 1. The number of nitrogens with zero attached hydrogens (tertiary/aromatic N) is 4. The number of Topliss-reactive ketones (excluding diaryl/α,β-unsaturated/α-hetero) is 1. The summed E-state index contributed by atoms with van der Waals surface area (Å²) in [5.74, 6) is -1.45. The van der Waals surface area contributed by atoms with Gasteiger partial charge in [0.05, 0.1) is 18.7 Å². The SMILES string of the molecule is COc1cc(C2/C(=C(\O)c3ccncc3)C(=O)C(=O)N2c2nnc(SCc3ccc(Cl)cc3)s2)ccc1O. The van der Waals surface area contributed by atoms with Gasteiger partial charge in [0.25, 0.3) is 5.78 Å². The second kappa shape index (κ2) is 10.8. The number of phenolic OH excluding ortho intramolecular Hbond substituents is 1. The molecule has 2 aromatic carbocycles. The number of benzene rings is 2. The minimum Gasteiger partial charge on any atom is -0.507 e. The van der Waals surface area contributed by atoms with Crippen molar-refractivity contribution in [2.75, 3.05) is 12.0 Å². The summed E-state index contributed by atoms with van der Waals surface area (Å²) in [6, 6.07) is 13.9. The molecule has 1 fully saturated rings. The van der Waals surface area contributed by atoms with Gasteiger partial charge in [0.15, 0.2) is 15.8 Å². The molecule has 38 heavy (non-hydrogen) atoms. The van der Waals surface area contributed by atoms with E-state index in [0.717, 1.165) is 16.9 Å². The van der Waals surface area contributed by atoms with E-state index < -0.39 is 17.7 Å². The largest absolute Gasteiger partial charge is 0.507 e. The number of hydrogen-bond acceptors (Lipinski definition) is 10. The van der Waals surface area contributed by atoms with Crippen molar-refractivity contribution in [3.8, 4) is 11.5 Å². The molecule has 4 aromatic rings. The molecule has 5 rings (SSSR count). The van der Waals surface area contributed by atoms with Crippen molar-refractivity contribution in [1.29, 1.82) is 0 Å². The summed E-state index contributed by atoms with van der Waals surface area (Å²) < 4.78 is 5.83. The van der Waals surface area contributed by atoms with Crippen LogP contribution >= 0.6 is 34.7 Å². The van der Waals surface area contributed by atoms with E-state index in [0.29, 0.717) is 26.2 Å². The van der Waals surface area contributed by atoms with E-state index in [1.165, 1.54) is 60.4 Å². The average molecular weight is 567 g/mol. The zero-order chi connectivity index (χ0) is 26.8. The van der Waals surface area contributed by atoms with Gasteiger partial charge in [0.1, 0.15) is 5.76 Å². The van der Waals surface area contributed by atoms with Gasteiger partial charge in [0.2, 0.25) is 5.13 Å². The average Bonchev–Trinajstić information content (AvgIpc) is 3.50. The Hall–Kier alpha value is -3.93. The van der Waals surface area contributed by atoms with Crippen LogP contribution in [0, 0.1) is 0 Å². The second-order valence-electron chi connectivity index (χ2n) is 8.10. The molecule has 0 bridgehead atoms. The van der Waals surface area contributed by atoms with Gasteiger partial charge in [-0.15, -0.1) is 10.2 Å². The minimum absolute atomic E-state index is 0.112. The molecule has 1 aliphatic rings. The molecule has 3 heterocycles. The van der Waals surface area contributed by atoms with Gasteiger partial charge in [-0.2, -0.15) is 0 Å². The summed E-state index contributed by atoms with van der Waals surface area (Å²) >= 11 is 8.54. The topological polar surface area (TPSA) is 126 Å². The number of aliphatic hydroxyl groups is 1. The predicted octanol–water partition coefficient (Wildman–Crippen LogP) is 5.22. The van der Waals surface area contributed by atoms with E-state index in [4.69, 9.17) is 16.3 Å². The van der Waals surface area contributed by atoms with Crippen molar-refractivity contribution >= 4 is 57.3 Å². The normalized spacial score (nSPS) is 16.7. The number of pyridine rings is 1. The summed E-state index contributed by atoms with van der Waals surface area (Å²) in [6.07, 6.45) is 2.94. The van der Waals surface area contributed by atoms with Crippen LogP contribution in [0.5, 0.6) is 11.5 Å². The van der Waals surface area contributed by atoms with E-state index in [-0.39, 0.29) is 28.0 Å². The van der Waals surface area contributed by atoms with Crippen LogP contribution in [0.2, 0.25) is 5.02 Å². The van der Waals surface area contributed by atoms with Crippen LogP contribution in [-0.4, -0.2) is 44.2 Å². The smallest absolute Gasteiger partial charge is 0.301 e. The molecule has 192 valence electrons. The Morgan fingerprint density at radius 2 is 1.84 bits per heavy atom. The maximum absolute atomic E-state index is 13.3. The van der Waals surface area contributed by atoms with Crippen molar-refractivity contribution in [2.24, 2.45) is 0 Å². The maximum Gasteiger partial charge on any atom is 0.301 e. The molecule has 9 nitrogen and oxygen atoms in total. The molecule has 0 aliphatic carbocycles. The van der Waals surface area contributed by atoms with Gasteiger partial charge >= 0.3 is 5.91 Å². The molecular weight excluding hydrogens is 548 g/mol. The Balaban J connectivity index is 1.56. The fraction of sp³-hybridized carbons (Fsp3) is 0.115. The number of phenols is 1. The summed E-state index contributed by atoms with van der Waals surface area (Å²) in [5, 5.41) is 30.5. The van der Waals surface area contributed by atoms with Crippen LogP contribution in [0.25, 0.3) is 5.76 Å². The molecule has 1 unspecified atom stereocenters. The van der Waals surface area contributed by atoms with Crippen LogP contribution < -0.4 is 9.64 Å². The molecule has 1 atom stereocenters. The minimum atomic E-state index is -1.04. The van der Waals surface area contributed by atoms with Crippen LogP contribution in [0.15, 0.2) is 76.9 Å². The van der Waals surface area contributed by atoms with Gasteiger partial charge in [-0.1, -0.05) is 52.9 Å². The van der Waals surface area contributed by atoms with Crippen LogP contribution in [-0.2, 0) is 15.3 Å². The van der Waals surface area contributed by atoms with Crippen molar-refractivity contribution < 1.29 is 24.5 Å². The molecule has 2 aromatic heterocycles. The lowest BCUT2D eigenvalue weighted by molar-refractivity contribution is -0.132. The Kier molecular flexibility index (Phi) is 7.32. The highest BCUT2D eigenvalue weighted by atomic mass is 35.5. The van der Waals surface area contributed by atoms with Gasteiger partial charge < -0.3 is 14.9 Å². The maximum atomic E-state index is 13.3. The van der Waals surface area contributed by atoms with Crippen LogP contribution in [0.3, 0.4) is 0 Å². The number of halogens is 1. The number of ketones is 1. The molecule has 1 aliphatic heterocycles. The molecule has 1 saturated heterocycles. The Labute approximate surface area is 230 Å². The zero-order valence-electron chi connectivity index (χ0n) is 19.7. The number of hydrogen-bond donors (Lipinski definition) is 2. The summed E-state index contributed by atoms with van der Waals surface area (Å²) in [5.41, 5.74) is 1.66. The number of carbonyl (C=O) groups excluding carboxylic acids is 2. The van der Waals surface area contributed by atoms with Crippen molar-refractivity contribution in [1.82, 2.24) is 15.2 Å². The molecule has 0 radical (unpaired) electrons. The van der Waals surface area contributed by atoms with Gasteiger partial charge in [-0.25, -0.2) is 0 Å². The van der Waals surface area contributed by atoms with Gasteiger partial charge in [0, 0.05) is 28.7 Å². The number of aliphatic hydroxyl groups excluding tert-OH is 1. The van der Waals surface area contributed by atoms with Crippen molar-refractivity contribution in [3.63, 3.8) is 0 Å². The van der Waals surface area contributed by atoms with Crippen molar-refractivity contribution in [2.45, 2.75) is 16.1 Å². The molecule has 0 saturated carbocycles. The highest BCUT2D eigenvalue weighted by Gasteiger charge is 2.48. The molecule has 0 spiro atoms. The van der Waals surface area contributed by atoms with E-state index in [9.17, 15) is 19.8 Å².